The highest BCUT2D eigenvalue weighted by Gasteiger charge is 2.24. The smallest absolute Gasteiger partial charge is 0.256 e. The van der Waals surface area contributed by atoms with Crippen LogP contribution in [0.15, 0.2) is 6.07 Å². The van der Waals surface area contributed by atoms with E-state index in [2.05, 4.69) is 0 Å². The molecule has 0 radical (unpaired) electrons. The summed E-state index contributed by atoms with van der Waals surface area (Å²) in [4.78, 5) is 13.0. The largest absolute Gasteiger partial charge is 0.503 e. The lowest BCUT2D eigenvalue weighted by Gasteiger charge is -2.21. The molecular weight excluding hydrogens is 261 g/mol. The second kappa shape index (κ2) is 5.92. The predicted molar refractivity (Wildman–Crippen MR) is 63.2 cm³/mol. The lowest BCUT2D eigenvalue weighted by Crippen LogP contribution is -2.34. The molecule has 19 heavy (non-hydrogen) atoms. The Balaban J connectivity index is 3.07. The van der Waals surface area contributed by atoms with Crippen molar-refractivity contribution in [3.05, 3.63) is 29.1 Å². The number of carbonyl (C=O) groups excluding carboxylic acids is 1. The molecule has 0 bridgehead atoms. The number of nitrogens with two attached hydrogens (primary N) is 1. The first-order chi connectivity index (χ1) is 8.79. The van der Waals surface area contributed by atoms with E-state index in [1.165, 1.54) is 7.05 Å². The number of hydrogen-bond acceptors (Lipinski definition) is 3. The Kier molecular flexibility index (Phi) is 4.77. The summed E-state index contributed by atoms with van der Waals surface area (Å²) < 4.78 is 39.5. The Morgan fingerprint density at radius 2 is 2.00 bits per heavy atom. The third-order valence-electron chi connectivity index (χ3n) is 2.70. The van der Waals surface area contributed by atoms with Gasteiger partial charge in [-0.15, -0.1) is 0 Å². The highest BCUT2D eigenvalue weighted by Crippen LogP contribution is 2.26. The van der Waals surface area contributed by atoms with Crippen LogP contribution in [0.25, 0.3) is 0 Å². The van der Waals surface area contributed by atoms with E-state index in [1.54, 1.807) is 6.92 Å². The average molecular weight is 276 g/mol. The summed E-state index contributed by atoms with van der Waals surface area (Å²) in [6.45, 7) is 2.33. The van der Waals surface area contributed by atoms with Crippen molar-refractivity contribution < 1.29 is 23.1 Å². The molecule has 0 aliphatic carbocycles. The van der Waals surface area contributed by atoms with Crippen LogP contribution < -0.4 is 5.73 Å². The molecule has 1 aromatic rings. The topological polar surface area (TPSA) is 66.6 Å². The molecule has 0 aromatic heterocycles. The fourth-order valence-electron chi connectivity index (χ4n) is 1.58. The van der Waals surface area contributed by atoms with Crippen molar-refractivity contribution in [2.24, 2.45) is 11.7 Å². The lowest BCUT2D eigenvalue weighted by atomic mass is 10.1. The van der Waals surface area contributed by atoms with Gasteiger partial charge in [-0.3, -0.25) is 4.79 Å². The first-order valence-corrected chi connectivity index (χ1v) is 5.61. The second-order valence-electron chi connectivity index (χ2n) is 4.41. The van der Waals surface area contributed by atoms with E-state index in [-0.39, 0.29) is 12.5 Å². The van der Waals surface area contributed by atoms with E-state index in [9.17, 15) is 18.0 Å². The number of phenols is 1. The van der Waals surface area contributed by atoms with Gasteiger partial charge in [-0.05, 0) is 18.5 Å². The third kappa shape index (κ3) is 3.17. The molecule has 1 atom stereocenters. The number of hydrogen-bond donors (Lipinski definition) is 2. The van der Waals surface area contributed by atoms with Crippen molar-refractivity contribution in [3.63, 3.8) is 0 Å². The first-order valence-electron chi connectivity index (χ1n) is 5.61. The summed E-state index contributed by atoms with van der Waals surface area (Å²) in [7, 11) is 1.38. The molecule has 0 fully saturated rings. The van der Waals surface area contributed by atoms with Gasteiger partial charge in [0.05, 0.1) is 5.56 Å². The van der Waals surface area contributed by atoms with Crippen LogP contribution in [0, 0.1) is 23.4 Å². The van der Waals surface area contributed by atoms with E-state index in [0.29, 0.717) is 12.6 Å². The highest BCUT2D eigenvalue weighted by molar-refractivity contribution is 5.94. The molecule has 106 valence electrons. The zero-order valence-corrected chi connectivity index (χ0v) is 10.6. The standard InChI is InChI=1S/C12H15F3N2O2/c1-6(4-16)5-17(2)12(19)7-3-8(13)10(15)11(18)9(7)14/h3,6,18H,4-5,16H2,1-2H3. The summed E-state index contributed by atoms with van der Waals surface area (Å²) in [5.41, 5.74) is 4.68. The van der Waals surface area contributed by atoms with Crippen LogP contribution in [0.1, 0.15) is 17.3 Å². The van der Waals surface area contributed by atoms with Crippen molar-refractivity contribution in [2.45, 2.75) is 6.92 Å². The number of benzene rings is 1. The zero-order valence-electron chi connectivity index (χ0n) is 10.6. The molecule has 0 spiro atoms. The number of aromatic hydroxyl groups is 1. The van der Waals surface area contributed by atoms with Crippen molar-refractivity contribution in [1.29, 1.82) is 0 Å². The van der Waals surface area contributed by atoms with E-state index in [0.717, 1.165) is 4.90 Å². The van der Waals surface area contributed by atoms with Crippen LogP contribution >= 0.6 is 0 Å². The van der Waals surface area contributed by atoms with Crippen LogP contribution in [-0.4, -0.2) is 36.1 Å². The predicted octanol–water partition coefficient (Wildman–Crippen LogP) is 1.48. The molecule has 4 nitrogen and oxygen atoms in total. The number of carbonyl (C=O) groups is 1. The Bertz CT molecular complexity index is 494. The van der Waals surface area contributed by atoms with Crippen LogP contribution in [-0.2, 0) is 0 Å². The molecule has 7 heteroatoms. The zero-order chi connectivity index (χ0) is 14.7. The summed E-state index contributed by atoms with van der Waals surface area (Å²) >= 11 is 0. The van der Waals surface area contributed by atoms with Gasteiger partial charge in [0, 0.05) is 13.6 Å². The highest BCUT2D eigenvalue weighted by atomic mass is 19.2. The molecule has 1 amide bonds. The molecule has 0 saturated heterocycles. The van der Waals surface area contributed by atoms with Gasteiger partial charge in [-0.2, -0.15) is 4.39 Å². The number of amides is 1. The molecule has 1 aromatic carbocycles. The molecule has 1 unspecified atom stereocenters. The van der Waals surface area contributed by atoms with E-state index >= 15 is 0 Å². The number of nitrogens with zero attached hydrogens (tertiary/aromatic N) is 1. The quantitative estimate of drug-likeness (QED) is 0.818. The minimum atomic E-state index is -1.72. The maximum absolute atomic E-state index is 13.5. The van der Waals surface area contributed by atoms with Gasteiger partial charge < -0.3 is 15.7 Å². The third-order valence-corrected chi connectivity index (χ3v) is 2.70. The van der Waals surface area contributed by atoms with Gasteiger partial charge in [0.2, 0.25) is 5.82 Å². The van der Waals surface area contributed by atoms with Crippen LogP contribution in [0.2, 0.25) is 0 Å². The average Bonchev–Trinajstić information content (AvgIpc) is 2.39. The number of phenolic OH excluding ortho intramolecular Hbond substituents is 1. The summed E-state index contributed by atoms with van der Waals surface area (Å²) in [6, 6.07) is 0.427. The van der Waals surface area contributed by atoms with Crippen LogP contribution in [0.5, 0.6) is 5.75 Å². The Hall–Kier alpha value is -1.76. The minimum absolute atomic E-state index is 0.0316. The Labute approximate surface area is 108 Å². The van der Waals surface area contributed by atoms with Gasteiger partial charge in [0.1, 0.15) is 0 Å². The molecule has 0 heterocycles. The van der Waals surface area contributed by atoms with Gasteiger partial charge >= 0.3 is 0 Å². The Morgan fingerprint density at radius 1 is 1.42 bits per heavy atom. The fourth-order valence-corrected chi connectivity index (χ4v) is 1.58. The van der Waals surface area contributed by atoms with E-state index in [1.807, 2.05) is 0 Å². The minimum Gasteiger partial charge on any atom is -0.503 e. The van der Waals surface area contributed by atoms with Gasteiger partial charge in [0.15, 0.2) is 17.4 Å². The van der Waals surface area contributed by atoms with E-state index in [4.69, 9.17) is 10.8 Å². The maximum Gasteiger partial charge on any atom is 0.256 e. The maximum atomic E-state index is 13.5. The van der Waals surface area contributed by atoms with Crippen LogP contribution in [0.4, 0.5) is 13.2 Å². The lowest BCUT2D eigenvalue weighted by molar-refractivity contribution is 0.0771. The SMILES string of the molecule is CC(CN)CN(C)C(=O)c1cc(F)c(F)c(O)c1F. The molecule has 1 rings (SSSR count). The monoisotopic (exact) mass is 276 g/mol. The number of halogens is 3. The van der Waals surface area contributed by atoms with Crippen molar-refractivity contribution in [2.75, 3.05) is 20.1 Å². The van der Waals surface area contributed by atoms with Gasteiger partial charge in [0.25, 0.3) is 5.91 Å². The normalized spacial score (nSPS) is 12.3. The van der Waals surface area contributed by atoms with Crippen molar-refractivity contribution >= 4 is 5.91 Å². The molecular formula is C12H15F3N2O2. The molecule has 0 saturated carbocycles. The summed E-state index contributed by atoms with van der Waals surface area (Å²) in [5.74, 6) is -7.06. The number of rotatable bonds is 4. The van der Waals surface area contributed by atoms with Crippen LogP contribution in [0.3, 0.4) is 0 Å². The first kappa shape index (κ1) is 15.3. The summed E-state index contributed by atoms with van der Waals surface area (Å²) in [6.07, 6.45) is 0. The van der Waals surface area contributed by atoms with E-state index < -0.39 is 34.7 Å². The summed E-state index contributed by atoms with van der Waals surface area (Å²) in [5, 5.41) is 9.05. The van der Waals surface area contributed by atoms with Gasteiger partial charge in [-0.1, -0.05) is 6.92 Å². The molecule has 3 N–H and O–H groups in total. The fraction of sp³-hybridized carbons (Fsp3) is 0.417. The molecule has 0 aliphatic rings. The van der Waals surface area contributed by atoms with Crippen molar-refractivity contribution in [3.8, 4) is 5.75 Å². The van der Waals surface area contributed by atoms with Crippen molar-refractivity contribution in [1.82, 2.24) is 4.90 Å². The van der Waals surface area contributed by atoms with Gasteiger partial charge in [-0.25, -0.2) is 8.78 Å². The second-order valence-corrected chi connectivity index (χ2v) is 4.41. The molecule has 0 aliphatic heterocycles. The Morgan fingerprint density at radius 3 is 2.53 bits per heavy atom.